The molecule has 1 aliphatic heterocycles. The molecule has 7 heteroatoms. The van der Waals surface area contributed by atoms with Crippen molar-refractivity contribution in [3.05, 3.63) is 42.4 Å². The predicted octanol–water partition coefficient (Wildman–Crippen LogP) is 3.18. The minimum Gasteiger partial charge on any atom is -0.474 e. The molecule has 4 rings (SSSR count). The van der Waals surface area contributed by atoms with Gasteiger partial charge in [0, 0.05) is 62.9 Å². The Morgan fingerprint density at radius 2 is 2.07 bits per heavy atom. The molecule has 1 aliphatic carbocycles. The van der Waals surface area contributed by atoms with Gasteiger partial charge < -0.3 is 9.47 Å². The Balaban J connectivity index is 1.46. The first-order valence-electron chi connectivity index (χ1n) is 9.44. The zero-order valence-corrected chi connectivity index (χ0v) is 16.7. The zero-order chi connectivity index (χ0) is 18.7. The highest BCUT2D eigenvalue weighted by Crippen LogP contribution is 2.43. The normalized spacial score (nSPS) is 28.1. The second-order valence-electron chi connectivity index (χ2n) is 7.27. The van der Waals surface area contributed by atoms with Crippen molar-refractivity contribution in [1.29, 1.82) is 0 Å². The summed E-state index contributed by atoms with van der Waals surface area (Å²) in [6, 6.07) is 6.14. The number of fused-ring (bicyclic) bond motifs is 1. The zero-order valence-electron chi connectivity index (χ0n) is 15.9. The van der Waals surface area contributed by atoms with Gasteiger partial charge in [-0.1, -0.05) is 17.8 Å². The quantitative estimate of drug-likeness (QED) is 0.558. The lowest BCUT2D eigenvalue weighted by Crippen LogP contribution is -2.52. The number of hydrogen-bond donors (Lipinski definition) is 0. The van der Waals surface area contributed by atoms with Crippen molar-refractivity contribution in [2.45, 2.75) is 55.1 Å². The summed E-state index contributed by atoms with van der Waals surface area (Å²) in [5.74, 6) is 0.706. The summed E-state index contributed by atoms with van der Waals surface area (Å²) in [6.45, 7) is 1.87. The lowest BCUT2D eigenvalue weighted by atomic mass is 9.79. The molecule has 6 nitrogen and oxygen atoms in total. The van der Waals surface area contributed by atoms with Crippen LogP contribution in [0.4, 0.5) is 0 Å². The lowest BCUT2D eigenvalue weighted by Gasteiger charge is -2.43. The maximum atomic E-state index is 6.16. The standard InChI is InChI=1S/C20H26N4O2S/c1-25-20-7-6-16(26-18-5-3-4-9-21-18)11-17(20)24(10-8-20)14-15-12-22-19(27-2)23-13-15/h3-5,9,12-13,16-17H,6-8,10-11,14H2,1-2H3/t16-,17-,20+/m0/s1. The van der Waals surface area contributed by atoms with E-state index in [0.717, 1.165) is 49.5 Å². The number of ether oxygens (including phenoxy) is 2. The molecule has 0 spiro atoms. The van der Waals surface area contributed by atoms with E-state index in [9.17, 15) is 0 Å². The molecule has 0 radical (unpaired) electrons. The van der Waals surface area contributed by atoms with Crippen LogP contribution in [0.1, 0.15) is 31.2 Å². The molecule has 0 unspecified atom stereocenters. The lowest BCUT2D eigenvalue weighted by molar-refractivity contribution is -0.0843. The molecule has 2 fully saturated rings. The summed E-state index contributed by atoms with van der Waals surface area (Å²) in [4.78, 5) is 15.6. The van der Waals surface area contributed by atoms with Crippen LogP contribution in [0.25, 0.3) is 0 Å². The largest absolute Gasteiger partial charge is 0.474 e. The van der Waals surface area contributed by atoms with E-state index in [1.807, 2.05) is 44.0 Å². The van der Waals surface area contributed by atoms with Crippen LogP contribution in [0.5, 0.6) is 5.88 Å². The highest BCUT2D eigenvalue weighted by molar-refractivity contribution is 7.98. The summed E-state index contributed by atoms with van der Waals surface area (Å²) in [5, 5.41) is 0.813. The maximum Gasteiger partial charge on any atom is 0.213 e. The average Bonchev–Trinajstić information content (AvgIpc) is 3.08. The molecule has 0 aromatic carbocycles. The molecule has 144 valence electrons. The van der Waals surface area contributed by atoms with E-state index in [1.165, 1.54) is 0 Å². The van der Waals surface area contributed by atoms with E-state index in [1.54, 1.807) is 18.0 Å². The van der Waals surface area contributed by atoms with Gasteiger partial charge in [-0.05, 0) is 31.6 Å². The summed E-state index contributed by atoms with van der Waals surface area (Å²) in [6.07, 6.45) is 11.9. The van der Waals surface area contributed by atoms with Gasteiger partial charge >= 0.3 is 0 Å². The van der Waals surface area contributed by atoms with Gasteiger partial charge in [0.05, 0.1) is 5.60 Å². The van der Waals surface area contributed by atoms with Gasteiger partial charge in [-0.25, -0.2) is 15.0 Å². The number of nitrogens with zero attached hydrogens (tertiary/aromatic N) is 4. The van der Waals surface area contributed by atoms with Gasteiger partial charge in [-0.15, -0.1) is 0 Å². The van der Waals surface area contributed by atoms with Gasteiger partial charge in [0.1, 0.15) is 6.10 Å². The van der Waals surface area contributed by atoms with E-state index < -0.39 is 0 Å². The Morgan fingerprint density at radius 1 is 1.22 bits per heavy atom. The predicted molar refractivity (Wildman–Crippen MR) is 105 cm³/mol. The van der Waals surface area contributed by atoms with Crippen LogP contribution in [0.2, 0.25) is 0 Å². The Labute approximate surface area is 164 Å². The van der Waals surface area contributed by atoms with Crippen molar-refractivity contribution in [2.24, 2.45) is 0 Å². The molecule has 0 bridgehead atoms. The third kappa shape index (κ3) is 3.95. The van der Waals surface area contributed by atoms with Crippen LogP contribution in [-0.4, -0.2) is 57.5 Å². The number of pyridine rings is 1. The molecule has 0 N–H and O–H groups in total. The van der Waals surface area contributed by atoms with Crippen molar-refractivity contribution >= 4 is 11.8 Å². The van der Waals surface area contributed by atoms with E-state index in [-0.39, 0.29) is 11.7 Å². The second kappa shape index (κ2) is 8.12. The molecule has 2 aliphatic rings. The monoisotopic (exact) mass is 386 g/mol. The van der Waals surface area contributed by atoms with Crippen molar-refractivity contribution in [2.75, 3.05) is 19.9 Å². The molecule has 0 amide bonds. The van der Waals surface area contributed by atoms with Gasteiger partial charge in [-0.3, -0.25) is 4.90 Å². The van der Waals surface area contributed by atoms with Crippen LogP contribution in [-0.2, 0) is 11.3 Å². The smallest absolute Gasteiger partial charge is 0.213 e. The highest BCUT2D eigenvalue weighted by atomic mass is 32.2. The first-order valence-corrected chi connectivity index (χ1v) is 10.7. The SMILES string of the molecule is CO[C@@]12CC[C@H](Oc3ccccn3)C[C@@H]1N(Cc1cnc(SC)nc1)CC2. The number of methoxy groups -OCH3 is 1. The minimum atomic E-state index is -0.0654. The molecule has 1 saturated carbocycles. The first-order chi connectivity index (χ1) is 13.2. The van der Waals surface area contributed by atoms with E-state index in [2.05, 4.69) is 19.9 Å². The summed E-state index contributed by atoms with van der Waals surface area (Å²) >= 11 is 1.56. The average molecular weight is 387 g/mol. The molecule has 2 aromatic heterocycles. The van der Waals surface area contributed by atoms with Crippen molar-refractivity contribution in [1.82, 2.24) is 19.9 Å². The molecule has 27 heavy (non-hydrogen) atoms. The van der Waals surface area contributed by atoms with Gasteiger partial charge in [0.25, 0.3) is 0 Å². The molecule has 3 heterocycles. The number of aromatic nitrogens is 3. The third-order valence-corrected chi connectivity index (χ3v) is 6.40. The van der Waals surface area contributed by atoms with Crippen LogP contribution in [0.15, 0.2) is 41.9 Å². The van der Waals surface area contributed by atoms with Crippen molar-refractivity contribution < 1.29 is 9.47 Å². The van der Waals surface area contributed by atoms with Crippen LogP contribution in [0.3, 0.4) is 0 Å². The first kappa shape index (κ1) is 18.7. The van der Waals surface area contributed by atoms with Crippen LogP contribution >= 0.6 is 11.8 Å². The number of likely N-dealkylation sites (tertiary alicyclic amines) is 1. The molecular formula is C20H26N4O2S. The minimum absolute atomic E-state index is 0.0654. The summed E-state index contributed by atoms with van der Waals surface area (Å²) in [5.41, 5.74) is 1.08. The highest BCUT2D eigenvalue weighted by Gasteiger charge is 2.51. The van der Waals surface area contributed by atoms with Crippen LogP contribution < -0.4 is 4.74 Å². The summed E-state index contributed by atoms with van der Waals surface area (Å²) < 4.78 is 12.2. The Hall–Kier alpha value is -1.70. The molecule has 3 atom stereocenters. The van der Waals surface area contributed by atoms with Gasteiger partial charge in [0.15, 0.2) is 5.16 Å². The Kier molecular flexibility index (Phi) is 5.61. The molecule has 1 saturated heterocycles. The fraction of sp³-hybridized carbons (Fsp3) is 0.550. The van der Waals surface area contributed by atoms with Crippen molar-refractivity contribution in [3.8, 4) is 5.88 Å². The molecular weight excluding hydrogens is 360 g/mol. The topological polar surface area (TPSA) is 60.4 Å². The van der Waals surface area contributed by atoms with Gasteiger partial charge in [0.2, 0.25) is 5.88 Å². The Bertz CT molecular complexity index is 745. The number of hydrogen-bond acceptors (Lipinski definition) is 7. The fourth-order valence-corrected chi connectivity index (χ4v) is 4.72. The fourth-order valence-electron chi connectivity index (χ4n) is 4.40. The molecule has 2 aromatic rings. The number of thioether (sulfide) groups is 1. The maximum absolute atomic E-state index is 6.16. The second-order valence-corrected chi connectivity index (χ2v) is 8.04. The Morgan fingerprint density at radius 3 is 2.78 bits per heavy atom. The third-order valence-electron chi connectivity index (χ3n) is 5.83. The van der Waals surface area contributed by atoms with E-state index in [0.29, 0.717) is 11.9 Å². The van der Waals surface area contributed by atoms with Gasteiger partial charge in [-0.2, -0.15) is 0 Å². The van der Waals surface area contributed by atoms with Crippen molar-refractivity contribution in [3.63, 3.8) is 0 Å². The number of rotatable bonds is 6. The summed E-state index contributed by atoms with van der Waals surface area (Å²) in [7, 11) is 1.85. The van der Waals surface area contributed by atoms with Crippen LogP contribution in [0, 0.1) is 0 Å². The van der Waals surface area contributed by atoms with E-state index in [4.69, 9.17) is 9.47 Å². The van der Waals surface area contributed by atoms with E-state index >= 15 is 0 Å².